The van der Waals surface area contributed by atoms with Crippen molar-refractivity contribution in [3.05, 3.63) is 66.7 Å². The Kier molecular flexibility index (Phi) is 3.43. The number of ether oxygens (including phenoxy) is 1. The fourth-order valence-electron chi connectivity index (χ4n) is 2.96. The van der Waals surface area contributed by atoms with Crippen molar-refractivity contribution in [2.75, 3.05) is 7.11 Å². The van der Waals surface area contributed by atoms with Crippen molar-refractivity contribution in [3.8, 4) is 22.0 Å². The van der Waals surface area contributed by atoms with E-state index < -0.39 is 0 Å². The van der Waals surface area contributed by atoms with Gasteiger partial charge in [0.1, 0.15) is 16.3 Å². The number of nitrogens with zero attached hydrogens (tertiary/aromatic N) is 4. The molecule has 26 heavy (non-hydrogen) atoms. The minimum absolute atomic E-state index is 0.848. The zero-order chi connectivity index (χ0) is 17.5. The van der Waals surface area contributed by atoms with E-state index in [0.717, 1.165) is 43.3 Å². The fourth-order valence-corrected chi connectivity index (χ4v) is 3.96. The molecule has 0 saturated heterocycles. The molecule has 0 fully saturated rings. The van der Waals surface area contributed by atoms with Crippen LogP contribution in [-0.4, -0.2) is 27.1 Å². The topological polar surface area (TPSA) is 52.8 Å². The van der Waals surface area contributed by atoms with E-state index in [4.69, 9.17) is 9.72 Å². The maximum atomic E-state index is 5.29. The van der Waals surface area contributed by atoms with Gasteiger partial charge in [-0.15, -0.1) is 16.4 Å². The summed E-state index contributed by atoms with van der Waals surface area (Å²) >= 11 is 1.66. The molecule has 5 rings (SSSR count). The van der Waals surface area contributed by atoms with E-state index in [2.05, 4.69) is 22.4 Å². The Morgan fingerprint density at radius 2 is 1.77 bits per heavy atom. The highest BCUT2D eigenvalue weighted by Gasteiger charge is 2.09. The van der Waals surface area contributed by atoms with E-state index in [-0.39, 0.29) is 0 Å². The Morgan fingerprint density at radius 1 is 0.923 bits per heavy atom. The molecule has 2 aromatic heterocycles. The number of hydrogen-bond donors (Lipinski definition) is 0. The van der Waals surface area contributed by atoms with Crippen LogP contribution in [0.4, 0.5) is 0 Å². The summed E-state index contributed by atoms with van der Waals surface area (Å²) in [4.78, 5) is 4.73. The lowest BCUT2D eigenvalue weighted by molar-refractivity contribution is 0.415. The zero-order valence-corrected chi connectivity index (χ0v) is 14.8. The second-order valence-corrected chi connectivity index (χ2v) is 6.92. The number of aromatic nitrogens is 4. The maximum Gasteiger partial charge on any atom is 0.124 e. The van der Waals surface area contributed by atoms with Crippen LogP contribution < -0.4 is 4.74 Å². The van der Waals surface area contributed by atoms with Crippen molar-refractivity contribution in [2.24, 2.45) is 0 Å². The third-order valence-electron chi connectivity index (χ3n) is 4.31. The Bertz CT molecular complexity index is 1220. The maximum absolute atomic E-state index is 5.29. The van der Waals surface area contributed by atoms with Crippen LogP contribution in [0.1, 0.15) is 0 Å². The number of thiazole rings is 1. The van der Waals surface area contributed by atoms with Gasteiger partial charge in [-0.25, -0.2) is 9.67 Å². The monoisotopic (exact) mass is 358 g/mol. The summed E-state index contributed by atoms with van der Waals surface area (Å²) in [5.41, 5.74) is 4.92. The first-order valence-electron chi connectivity index (χ1n) is 8.18. The van der Waals surface area contributed by atoms with Crippen LogP contribution in [0, 0.1) is 0 Å². The number of para-hydroxylation sites is 1. The van der Waals surface area contributed by atoms with Gasteiger partial charge in [0.25, 0.3) is 0 Å². The van der Waals surface area contributed by atoms with Crippen LogP contribution in [0.15, 0.2) is 66.7 Å². The second-order valence-electron chi connectivity index (χ2n) is 5.89. The largest absolute Gasteiger partial charge is 0.497 e. The Balaban J connectivity index is 1.53. The van der Waals surface area contributed by atoms with Gasteiger partial charge in [-0.05, 0) is 54.6 Å². The number of fused-ring (bicyclic) bond motifs is 2. The van der Waals surface area contributed by atoms with Gasteiger partial charge in [0.15, 0.2) is 0 Å². The van der Waals surface area contributed by atoms with E-state index in [1.54, 1.807) is 18.4 Å². The first-order valence-corrected chi connectivity index (χ1v) is 8.99. The van der Waals surface area contributed by atoms with Crippen molar-refractivity contribution in [1.29, 1.82) is 0 Å². The SMILES string of the molecule is COc1ccc2nc(-c3ccc(-n4nnc5ccccc54)cc3)sc2c1. The van der Waals surface area contributed by atoms with E-state index >= 15 is 0 Å². The number of hydrogen-bond acceptors (Lipinski definition) is 5. The smallest absolute Gasteiger partial charge is 0.124 e. The first kappa shape index (κ1) is 15.0. The molecule has 0 saturated carbocycles. The third kappa shape index (κ3) is 2.43. The summed E-state index contributed by atoms with van der Waals surface area (Å²) < 4.78 is 8.26. The predicted molar refractivity (Wildman–Crippen MR) is 104 cm³/mol. The summed E-state index contributed by atoms with van der Waals surface area (Å²) in [6.45, 7) is 0. The number of rotatable bonds is 3. The van der Waals surface area contributed by atoms with Crippen molar-refractivity contribution in [1.82, 2.24) is 20.0 Å². The van der Waals surface area contributed by atoms with Gasteiger partial charge in [0.05, 0.1) is 28.5 Å². The van der Waals surface area contributed by atoms with Crippen molar-refractivity contribution < 1.29 is 4.74 Å². The highest BCUT2D eigenvalue weighted by molar-refractivity contribution is 7.21. The molecule has 0 N–H and O–H groups in total. The predicted octanol–water partition coefficient (Wildman–Crippen LogP) is 4.71. The molecule has 0 aliphatic heterocycles. The first-order chi connectivity index (χ1) is 12.8. The van der Waals surface area contributed by atoms with Gasteiger partial charge >= 0.3 is 0 Å². The Hall–Kier alpha value is -3.25. The lowest BCUT2D eigenvalue weighted by Gasteiger charge is -2.03. The van der Waals surface area contributed by atoms with Crippen molar-refractivity contribution in [2.45, 2.75) is 0 Å². The minimum Gasteiger partial charge on any atom is -0.497 e. The fraction of sp³-hybridized carbons (Fsp3) is 0.0500. The molecule has 3 aromatic carbocycles. The molecule has 0 atom stereocenters. The lowest BCUT2D eigenvalue weighted by atomic mass is 10.2. The molecular weight excluding hydrogens is 344 g/mol. The van der Waals surface area contributed by atoms with Crippen molar-refractivity contribution in [3.63, 3.8) is 0 Å². The normalized spacial score (nSPS) is 11.3. The Labute approximate surface area is 153 Å². The number of methoxy groups -OCH3 is 1. The van der Waals surface area contributed by atoms with Gasteiger partial charge in [-0.1, -0.05) is 17.3 Å². The summed E-state index contributed by atoms with van der Waals surface area (Å²) in [7, 11) is 1.68. The average molecular weight is 358 g/mol. The molecule has 0 unspecified atom stereocenters. The standard InChI is InChI=1S/C20H14N4OS/c1-25-15-10-11-17-19(12-15)26-20(21-17)13-6-8-14(9-7-13)24-18-5-3-2-4-16(18)22-23-24/h2-12H,1H3. The van der Waals surface area contributed by atoms with Crippen LogP contribution in [-0.2, 0) is 0 Å². The van der Waals surface area contributed by atoms with Crippen LogP contribution >= 0.6 is 11.3 Å². The Morgan fingerprint density at radius 3 is 2.62 bits per heavy atom. The zero-order valence-electron chi connectivity index (χ0n) is 14.0. The molecule has 0 radical (unpaired) electrons. The highest BCUT2D eigenvalue weighted by Crippen LogP contribution is 2.32. The molecule has 0 aliphatic carbocycles. The molecule has 0 aliphatic rings. The van der Waals surface area contributed by atoms with E-state index in [9.17, 15) is 0 Å². The summed E-state index contributed by atoms with van der Waals surface area (Å²) in [6, 6.07) is 22.1. The molecule has 0 spiro atoms. The van der Waals surface area contributed by atoms with Gasteiger partial charge in [-0.2, -0.15) is 0 Å². The van der Waals surface area contributed by atoms with Crippen LogP contribution in [0.3, 0.4) is 0 Å². The van der Waals surface area contributed by atoms with E-state index in [1.165, 1.54) is 0 Å². The van der Waals surface area contributed by atoms with Crippen LogP contribution in [0.5, 0.6) is 5.75 Å². The summed E-state index contributed by atoms with van der Waals surface area (Å²) in [5, 5.41) is 9.46. The van der Waals surface area contributed by atoms with Crippen LogP contribution in [0.25, 0.3) is 37.5 Å². The minimum atomic E-state index is 0.848. The second kappa shape index (κ2) is 5.93. The van der Waals surface area contributed by atoms with E-state index in [1.807, 2.05) is 59.3 Å². The van der Waals surface area contributed by atoms with Gasteiger partial charge in [0, 0.05) is 5.56 Å². The lowest BCUT2D eigenvalue weighted by Crippen LogP contribution is -1.96. The molecule has 2 heterocycles. The summed E-state index contributed by atoms with van der Waals surface area (Å²) in [5.74, 6) is 0.848. The molecule has 0 amide bonds. The van der Waals surface area contributed by atoms with Gasteiger partial charge in [-0.3, -0.25) is 0 Å². The quantitative estimate of drug-likeness (QED) is 0.469. The molecule has 0 bridgehead atoms. The molecule has 5 nitrogen and oxygen atoms in total. The molecule has 5 aromatic rings. The molecule has 126 valence electrons. The third-order valence-corrected chi connectivity index (χ3v) is 5.37. The van der Waals surface area contributed by atoms with Gasteiger partial charge < -0.3 is 4.74 Å². The van der Waals surface area contributed by atoms with Crippen LogP contribution in [0.2, 0.25) is 0 Å². The number of benzene rings is 3. The summed E-state index contributed by atoms with van der Waals surface area (Å²) in [6.07, 6.45) is 0. The van der Waals surface area contributed by atoms with Gasteiger partial charge in [0.2, 0.25) is 0 Å². The molecule has 6 heteroatoms. The highest BCUT2D eigenvalue weighted by atomic mass is 32.1. The van der Waals surface area contributed by atoms with E-state index in [0.29, 0.717) is 0 Å². The average Bonchev–Trinajstić information content (AvgIpc) is 3.31. The molecular formula is C20H14N4OS. The van der Waals surface area contributed by atoms with Crippen molar-refractivity contribution >= 4 is 32.6 Å².